The number of nitrogens with zero attached hydrogens (tertiary/aromatic N) is 4. The van der Waals surface area contributed by atoms with E-state index in [1.54, 1.807) is 16.9 Å². The van der Waals surface area contributed by atoms with Gasteiger partial charge in [0.15, 0.2) is 0 Å². The van der Waals surface area contributed by atoms with Crippen LogP contribution in [-0.2, 0) is 0 Å². The van der Waals surface area contributed by atoms with Crippen LogP contribution in [0.2, 0.25) is 0 Å². The molecule has 104 valence electrons. The summed E-state index contributed by atoms with van der Waals surface area (Å²) >= 11 is 0. The third-order valence-electron chi connectivity index (χ3n) is 3.60. The van der Waals surface area contributed by atoms with Crippen LogP contribution in [0.5, 0.6) is 0 Å². The Morgan fingerprint density at radius 1 is 1.09 bits per heavy atom. The molecule has 0 spiro atoms. The lowest BCUT2D eigenvalue weighted by atomic mass is 10.1. The Hall–Kier alpha value is -3.39. The van der Waals surface area contributed by atoms with Crippen LogP contribution in [0.4, 0.5) is 0 Å². The van der Waals surface area contributed by atoms with E-state index in [2.05, 4.69) is 21.1 Å². The van der Waals surface area contributed by atoms with E-state index in [9.17, 15) is 5.26 Å². The van der Waals surface area contributed by atoms with Gasteiger partial charge in [0.05, 0.1) is 23.0 Å². The van der Waals surface area contributed by atoms with Crippen molar-refractivity contribution in [1.82, 2.24) is 19.7 Å². The zero-order valence-corrected chi connectivity index (χ0v) is 11.6. The van der Waals surface area contributed by atoms with Crippen LogP contribution in [0.3, 0.4) is 0 Å². The van der Waals surface area contributed by atoms with Crippen molar-refractivity contribution in [2.45, 2.75) is 0 Å². The number of aromatic amines is 1. The van der Waals surface area contributed by atoms with E-state index < -0.39 is 0 Å². The summed E-state index contributed by atoms with van der Waals surface area (Å²) in [6.07, 6.45) is 5.50. The van der Waals surface area contributed by atoms with E-state index in [0.29, 0.717) is 5.56 Å². The summed E-state index contributed by atoms with van der Waals surface area (Å²) < 4.78 is 1.81. The van der Waals surface area contributed by atoms with Crippen molar-refractivity contribution in [2.75, 3.05) is 0 Å². The fourth-order valence-corrected chi connectivity index (χ4v) is 2.55. The summed E-state index contributed by atoms with van der Waals surface area (Å²) in [5.74, 6) is 0. The van der Waals surface area contributed by atoms with Gasteiger partial charge in [-0.25, -0.2) is 9.67 Å². The largest absolute Gasteiger partial charge is 0.346 e. The molecule has 5 heteroatoms. The molecular formula is C17H11N5. The van der Waals surface area contributed by atoms with Gasteiger partial charge in [0.2, 0.25) is 0 Å². The zero-order valence-electron chi connectivity index (χ0n) is 11.6. The van der Waals surface area contributed by atoms with Gasteiger partial charge in [-0.15, -0.1) is 0 Å². The Kier molecular flexibility index (Phi) is 2.73. The summed E-state index contributed by atoms with van der Waals surface area (Å²) in [5, 5.41) is 14.8. The van der Waals surface area contributed by atoms with Gasteiger partial charge in [0, 0.05) is 29.5 Å². The molecule has 0 atom stereocenters. The molecule has 0 aliphatic heterocycles. The average Bonchev–Trinajstić information content (AvgIpc) is 3.23. The predicted molar refractivity (Wildman–Crippen MR) is 83.4 cm³/mol. The maximum atomic E-state index is 9.22. The smallest absolute Gasteiger partial charge is 0.139 e. The molecular weight excluding hydrogens is 274 g/mol. The topological polar surface area (TPSA) is 70.3 Å². The summed E-state index contributed by atoms with van der Waals surface area (Å²) in [6.45, 7) is 0. The normalized spacial score (nSPS) is 10.7. The van der Waals surface area contributed by atoms with Gasteiger partial charge in [-0.05, 0) is 24.3 Å². The maximum Gasteiger partial charge on any atom is 0.139 e. The van der Waals surface area contributed by atoms with E-state index >= 15 is 0 Å². The van der Waals surface area contributed by atoms with Crippen molar-refractivity contribution in [1.29, 1.82) is 5.26 Å². The third kappa shape index (κ3) is 1.86. The lowest BCUT2D eigenvalue weighted by Gasteiger charge is -2.03. The molecule has 0 saturated carbocycles. The molecule has 5 nitrogen and oxygen atoms in total. The Balaban J connectivity index is 1.85. The van der Waals surface area contributed by atoms with Gasteiger partial charge < -0.3 is 4.98 Å². The number of rotatable bonds is 2. The van der Waals surface area contributed by atoms with Gasteiger partial charge in [-0.2, -0.15) is 10.4 Å². The summed E-state index contributed by atoms with van der Waals surface area (Å²) in [6, 6.07) is 15.5. The van der Waals surface area contributed by atoms with E-state index in [-0.39, 0.29) is 0 Å². The maximum absolute atomic E-state index is 9.22. The molecule has 1 N–H and O–H groups in total. The van der Waals surface area contributed by atoms with Gasteiger partial charge in [0.1, 0.15) is 5.65 Å². The highest BCUT2D eigenvalue weighted by molar-refractivity contribution is 5.84. The van der Waals surface area contributed by atoms with E-state index in [0.717, 1.165) is 28.0 Å². The first kappa shape index (κ1) is 12.4. The van der Waals surface area contributed by atoms with Gasteiger partial charge in [0.25, 0.3) is 0 Å². The summed E-state index contributed by atoms with van der Waals surface area (Å²) in [5.41, 5.74) is 4.01. The number of pyridine rings is 1. The molecule has 0 bridgehead atoms. The molecule has 0 unspecified atom stereocenters. The second-order valence-corrected chi connectivity index (χ2v) is 4.87. The van der Waals surface area contributed by atoms with Crippen molar-refractivity contribution in [2.24, 2.45) is 0 Å². The second-order valence-electron chi connectivity index (χ2n) is 4.87. The molecule has 0 aliphatic rings. The number of benzene rings is 1. The first-order valence-electron chi connectivity index (χ1n) is 6.84. The lowest BCUT2D eigenvalue weighted by Crippen LogP contribution is -1.96. The molecule has 4 rings (SSSR count). The molecule has 0 radical (unpaired) electrons. The molecule has 4 aromatic rings. The number of H-pyrrole nitrogens is 1. The number of aromatic nitrogens is 4. The molecule has 22 heavy (non-hydrogen) atoms. The van der Waals surface area contributed by atoms with E-state index in [1.165, 1.54) is 0 Å². The van der Waals surface area contributed by atoms with E-state index in [4.69, 9.17) is 0 Å². The highest BCUT2D eigenvalue weighted by atomic mass is 15.3. The molecule has 0 fully saturated rings. The zero-order chi connectivity index (χ0) is 14.9. The minimum absolute atomic E-state index is 0.620. The molecule has 0 saturated heterocycles. The van der Waals surface area contributed by atoms with Crippen molar-refractivity contribution < 1.29 is 0 Å². The predicted octanol–water partition coefficient (Wildman–Crippen LogP) is 3.29. The molecule has 3 aromatic heterocycles. The number of nitriles is 1. The summed E-state index contributed by atoms with van der Waals surface area (Å²) in [7, 11) is 0. The van der Waals surface area contributed by atoms with Gasteiger partial charge in [-0.1, -0.05) is 18.2 Å². The van der Waals surface area contributed by atoms with E-state index in [1.807, 2.05) is 48.8 Å². The van der Waals surface area contributed by atoms with Crippen molar-refractivity contribution in [3.8, 4) is 23.0 Å². The van der Waals surface area contributed by atoms with Crippen LogP contribution in [0.15, 0.2) is 61.1 Å². The first-order chi connectivity index (χ1) is 10.9. The Morgan fingerprint density at radius 3 is 2.91 bits per heavy atom. The van der Waals surface area contributed by atoms with Crippen LogP contribution in [0.1, 0.15) is 5.56 Å². The fraction of sp³-hybridized carbons (Fsp3) is 0. The minimum atomic E-state index is 0.620. The first-order valence-corrected chi connectivity index (χ1v) is 6.84. The number of hydrogen-bond donors (Lipinski definition) is 1. The van der Waals surface area contributed by atoms with Crippen LogP contribution in [0, 0.1) is 11.3 Å². The van der Waals surface area contributed by atoms with Crippen molar-refractivity contribution in [3.63, 3.8) is 0 Å². The van der Waals surface area contributed by atoms with Gasteiger partial charge in [-0.3, -0.25) is 0 Å². The highest BCUT2D eigenvalue weighted by Gasteiger charge is 2.10. The van der Waals surface area contributed by atoms with Crippen LogP contribution >= 0.6 is 0 Å². The number of nitrogens with one attached hydrogen (secondary N) is 1. The van der Waals surface area contributed by atoms with Crippen LogP contribution in [0.25, 0.3) is 28.0 Å². The molecule has 1 aromatic carbocycles. The second kappa shape index (κ2) is 4.86. The SMILES string of the molecule is N#Cc1ccccc1-c1ccn(-c2ccnc3[nH]ccc23)n1. The monoisotopic (exact) mass is 285 g/mol. The Labute approximate surface area is 126 Å². The molecule has 0 amide bonds. The highest BCUT2D eigenvalue weighted by Crippen LogP contribution is 2.24. The average molecular weight is 285 g/mol. The van der Waals surface area contributed by atoms with Crippen molar-refractivity contribution in [3.05, 3.63) is 66.6 Å². The van der Waals surface area contributed by atoms with Crippen LogP contribution < -0.4 is 0 Å². The van der Waals surface area contributed by atoms with Gasteiger partial charge >= 0.3 is 0 Å². The number of fused-ring (bicyclic) bond motifs is 1. The number of hydrogen-bond acceptors (Lipinski definition) is 3. The Bertz CT molecular complexity index is 1000. The van der Waals surface area contributed by atoms with Crippen LogP contribution in [-0.4, -0.2) is 19.7 Å². The lowest BCUT2D eigenvalue weighted by molar-refractivity contribution is 0.890. The Morgan fingerprint density at radius 2 is 2.00 bits per heavy atom. The standard InChI is InChI=1S/C17H11N5/c18-11-12-3-1-2-4-13(12)15-7-10-22(21-15)16-6-9-20-17-14(16)5-8-19-17/h1-10H,(H,19,20). The quantitative estimate of drug-likeness (QED) is 0.614. The third-order valence-corrected chi connectivity index (χ3v) is 3.60. The minimum Gasteiger partial charge on any atom is -0.346 e. The molecule has 0 aliphatic carbocycles. The fourth-order valence-electron chi connectivity index (χ4n) is 2.55. The molecule has 3 heterocycles. The summed E-state index contributed by atoms with van der Waals surface area (Å²) in [4.78, 5) is 7.37. The van der Waals surface area contributed by atoms with Crippen molar-refractivity contribution >= 4 is 11.0 Å².